The largest absolute Gasteiger partial charge is 0.370 e. The van der Waals surface area contributed by atoms with E-state index in [1.165, 1.54) is 12.1 Å². The Balaban J connectivity index is 3.20. The number of nitro benzene ring substituents is 1. The van der Waals surface area contributed by atoms with Gasteiger partial charge in [-0.1, -0.05) is 0 Å². The lowest BCUT2D eigenvalue weighted by molar-refractivity contribution is -0.385. The summed E-state index contributed by atoms with van der Waals surface area (Å²) in [6, 6.07) is 3.90. The fourth-order valence-corrected chi connectivity index (χ4v) is 1.52. The summed E-state index contributed by atoms with van der Waals surface area (Å²) in [7, 11) is 0. The van der Waals surface area contributed by atoms with Crippen molar-refractivity contribution in [3.63, 3.8) is 0 Å². The first-order chi connectivity index (χ1) is 6.54. The predicted molar refractivity (Wildman–Crippen MR) is 55.4 cm³/mol. The van der Waals surface area contributed by atoms with Crippen molar-refractivity contribution in [1.82, 2.24) is 0 Å². The zero-order chi connectivity index (χ0) is 10.7. The summed E-state index contributed by atoms with van der Waals surface area (Å²) in [6.45, 7) is 0. The molecule has 0 unspecified atom stereocenters. The summed E-state index contributed by atoms with van der Waals surface area (Å²) in [5.41, 5.74) is -0.108. The third kappa shape index (κ3) is 2.39. The molecule has 0 amide bonds. The lowest BCUT2D eigenvalue weighted by Gasteiger charge is -1.99. The first kappa shape index (κ1) is 10.9. The van der Waals surface area contributed by atoms with Crippen molar-refractivity contribution >= 4 is 34.2 Å². The van der Waals surface area contributed by atoms with Crippen molar-refractivity contribution in [2.75, 3.05) is 0 Å². The Morgan fingerprint density at radius 2 is 2.14 bits per heavy atom. The number of benzene rings is 1. The fraction of sp³-hybridized carbons (Fsp3) is 0. The Hall–Kier alpha value is -1.22. The molecule has 0 aliphatic rings. The molecule has 0 fully saturated rings. The van der Waals surface area contributed by atoms with E-state index in [9.17, 15) is 14.9 Å². The zero-order valence-corrected chi connectivity index (χ0v) is 8.93. The van der Waals surface area contributed by atoms with Crippen LogP contribution in [-0.4, -0.2) is 10.9 Å². The van der Waals surface area contributed by atoms with E-state index in [1.54, 1.807) is 0 Å². The van der Waals surface area contributed by atoms with Gasteiger partial charge in [0.15, 0.2) is 0 Å². The molecule has 1 aromatic rings. The van der Waals surface area contributed by atoms with Crippen LogP contribution in [0.5, 0.6) is 0 Å². The molecule has 0 saturated heterocycles. The van der Waals surface area contributed by atoms with E-state index in [1.807, 2.05) is 22.6 Å². The van der Waals surface area contributed by atoms with Crippen molar-refractivity contribution < 1.29 is 14.6 Å². The van der Waals surface area contributed by atoms with Crippen LogP contribution in [0.3, 0.4) is 0 Å². The van der Waals surface area contributed by atoms with Gasteiger partial charge in [0.1, 0.15) is 0 Å². The van der Waals surface area contributed by atoms with Gasteiger partial charge in [0.05, 0.1) is 10.5 Å². The molecule has 0 saturated carbocycles. The highest BCUT2D eigenvalue weighted by Gasteiger charge is 2.13. The number of nitrogens with zero attached hydrogens (tertiary/aromatic N) is 1. The van der Waals surface area contributed by atoms with Gasteiger partial charge in [0, 0.05) is 15.7 Å². The van der Waals surface area contributed by atoms with Gasteiger partial charge in [-0.3, -0.25) is 10.1 Å². The topological polar surface area (TPSA) is 95.5 Å². The van der Waals surface area contributed by atoms with Gasteiger partial charge in [0.25, 0.3) is 5.69 Å². The van der Waals surface area contributed by atoms with Gasteiger partial charge in [-0.05, 0) is 28.7 Å². The van der Waals surface area contributed by atoms with Crippen molar-refractivity contribution in [2.24, 2.45) is 5.90 Å². The number of nitro groups is 1. The minimum absolute atomic E-state index is 0.0612. The van der Waals surface area contributed by atoms with E-state index >= 15 is 0 Å². The minimum atomic E-state index is -0.799. The lowest BCUT2D eigenvalue weighted by atomic mass is 10.2. The predicted octanol–water partition coefficient (Wildman–Crippen LogP) is 1.23. The molecule has 7 heteroatoms. The van der Waals surface area contributed by atoms with Crippen LogP contribution in [0.4, 0.5) is 5.69 Å². The Morgan fingerprint density at radius 1 is 1.50 bits per heavy atom. The molecule has 74 valence electrons. The van der Waals surface area contributed by atoms with Crippen LogP contribution in [0, 0.1) is 13.7 Å². The zero-order valence-electron chi connectivity index (χ0n) is 6.77. The molecule has 0 aromatic heterocycles. The number of hydrogen-bond donors (Lipinski definition) is 1. The first-order valence-electron chi connectivity index (χ1n) is 3.40. The average molecular weight is 308 g/mol. The van der Waals surface area contributed by atoms with Crippen LogP contribution in [0.15, 0.2) is 18.2 Å². The van der Waals surface area contributed by atoms with E-state index in [4.69, 9.17) is 0 Å². The third-order valence-corrected chi connectivity index (χ3v) is 2.06. The van der Waals surface area contributed by atoms with Crippen molar-refractivity contribution in [2.45, 2.75) is 0 Å². The van der Waals surface area contributed by atoms with E-state index < -0.39 is 10.9 Å². The van der Waals surface area contributed by atoms with Crippen molar-refractivity contribution in [3.05, 3.63) is 37.4 Å². The molecule has 2 N–H and O–H groups in total. The number of halogens is 1. The van der Waals surface area contributed by atoms with Gasteiger partial charge >= 0.3 is 5.97 Å². The highest BCUT2D eigenvalue weighted by molar-refractivity contribution is 14.1. The number of hydrogen-bond acceptors (Lipinski definition) is 5. The average Bonchev–Trinajstić information content (AvgIpc) is 2.15. The van der Waals surface area contributed by atoms with E-state index in [-0.39, 0.29) is 11.3 Å². The van der Waals surface area contributed by atoms with Gasteiger partial charge < -0.3 is 4.84 Å². The maximum atomic E-state index is 11.0. The minimum Gasteiger partial charge on any atom is -0.370 e. The fourth-order valence-electron chi connectivity index (χ4n) is 0.865. The van der Waals surface area contributed by atoms with E-state index in [0.29, 0.717) is 3.57 Å². The highest BCUT2D eigenvalue weighted by Crippen LogP contribution is 2.18. The van der Waals surface area contributed by atoms with E-state index in [0.717, 1.165) is 6.07 Å². The normalized spacial score (nSPS) is 9.57. The SMILES string of the molecule is NOC(=O)c1cc(I)cc([N+](=O)[O-])c1. The number of nitrogens with two attached hydrogens (primary N) is 1. The molecule has 1 aromatic carbocycles. The molecule has 0 aliphatic carbocycles. The summed E-state index contributed by atoms with van der Waals surface area (Å²) in [6.07, 6.45) is 0. The summed E-state index contributed by atoms with van der Waals surface area (Å²) in [5, 5.41) is 10.4. The van der Waals surface area contributed by atoms with Crippen molar-refractivity contribution in [3.8, 4) is 0 Å². The lowest BCUT2D eigenvalue weighted by Crippen LogP contribution is -2.10. The standard InChI is InChI=1S/C7H5IN2O4/c8-5-1-4(7(11)14-9)2-6(3-5)10(12)13/h1-3H,9H2. The van der Waals surface area contributed by atoms with Crippen LogP contribution in [0.25, 0.3) is 0 Å². The van der Waals surface area contributed by atoms with Gasteiger partial charge in [0.2, 0.25) is 0 Å². The molecule has 0 radical (unpaired) electrons. The molecule has 0 spiro atoms. The van der Waals surface area contributed by atoms with Crippen molar-refractivity contribution in [1.29, 1.82) is 0 Å². The van der Waals surface area contributed by atoms with Crippen LogP contribution in [0.1, 0.15) is 10.4 Å². The van der Waals surface area contributed by atoms with Crippen LogP contribution in [-0.2, 0) is 4.84 Å². The molecular weight excluding hydrogens is 303 g/mol. The number of rotatable bonds is 2. The summed E-state index contributed by atoms with van der Waals surface area (Å²) >= 11 is 1.86. The van der Waals surface area contributed by atoms with Gasteiger partial charge in [-0.2, -0.15) is 5.90 Å². The third-order valence-electron chi connectivity index (χ3n) is 1.44. The quantitative estimate of drug-likeness (QED) is 0.503. The Bertz CT molecular complexity index is 393. The number of carbonyl (C=O) groups is 1. The Morgan fingerprint density at radius 3 is 2.64 bits per heavy atom. The summed E-state index contributed by atoms with van der Waals surface area (Å²) < 4.78 is 0.567. The maximum Gasteiger partial charge on any atom is 0.356 e. The Kier molecular flexibility index (Phi) is 3.36. The second-order valence-electron chi connectivity index (χ2n) is 2.36. The summed E-state index contributed by atoms with van der Waals surface area (Å²) in [4.78, 5) is 24.8. The number of carbonyl (C=O) groups excluding carboxylic acids is 1. The molecule has 14 heavy (non-hydrogen) atoms. The molecule has 6 nitrogen and oxygen atoms in total. The molecule has 1 rings (SSSR count). The molecule has 0 heterocycles. The van der Waals surface area contributed by atoms with Crippen LogP contribution >= 0.6 is 22.6 Å². The second-order valence-corrected chi connectivity index (χ2v) is 3.61. The molecule has 0 aliphatic heterocycles. The molecule has 0 atom stereocenters. The smallest absolute Gasteiger partial charge is 0.356 e. The van der Waals surface area contributed by atoms with Crippen LogP contribution < -0.4 is 5.90 Å². The molecule has 0 bridgehead atoms. The van der Waals surface area contributed by atoms with E-state index in [2.05, 4.69) is 10.7 Å². The van der Waals surface area contributed by atoms with Gasteiger partial charge in [-0.25, -0.2) is 4.79 Å². The second kappa shape index (κ2) is 4.33. The maximum absolute atomic E-state index is 11.0. The number of non-ortho nitro benzene ring substituents is 1. The molecular formula is C7H5IN2O4. The van der Waals surface area contributed by atoms with Crippen LogP contribution in [0.2, 0.25) is 0 Å². The monoisotopic (exact) mass is 308 g/mol. The first-order valence-corrected chi connectivity index (χ1v) is 4.48. The van der Waals surface area contributed by atoms with Gasteiger partial charge in [-0.15, -0.1) is 0 Å². The Labute approximate surface area is 92.3 Å². The highest BCUT2D eigenvalue weighted by atomic mass is 127. The summed E-state index contributed by atoms with van der Waals surface area (Å²) in [5.74, 6) is 3.86.